The predicted molar refractivity (Wildman–Crippen MR) is 74.5 cm³/mol. The van der Waals surface area contributed by atoms with Crippen LogP contribution >= 0.6 is 0 Å². The highest BCUT2D eigenvalue weighted by Crippen LogP contribution is 2.22. The summed E-state index contributed by atoms with van der Waals surface area (Å²) in [4.78, 5) is 20.3. The number of nitrogens with zero attached hydrogens (tertiary/aromatic N) is 2. The van der Waals surface area contributed by atoms with E-state index in [1.54, 1.807) is 31.8 Å². The Labute approximate surface area is 117 Å². The average Bonchev–Trinajstić information content (AvgIpc) is 3.31. The summed E-state index contributed by atoms with van der Waals surface area (Å²) >= 11 is 0. The molecule has 0 unspecified atom stereocenters. The van der Waals surface area contributed by atoms with Gasteiger partial charge in [0.05, 0.1) is 12.7 Å². The topological polar surface area (TPSA) is 64.1 Å². The van der Waals surface area contributed by atoms with Crippen LogP contribution in [0.3, 0.4) is 0 Å². The molecule has 1 saturated carbocycles. The predicted octanol–water partition coefficient (Wildman–Crippen LogP) is 2.04. The van der Waals surface area contributed by atoms with E-state index in [1.807, 2.05) is 12.1 Å². The number of amides is 1. The molecule has 20 heavy (non-hydrogen) atoms. The Bertz CT molecular complexity index is 621. The smallest absolute Gasteiger partial charge is 0.253 e. The van der Waals surface area contributed by atoms with E-state index in [9.17, 15) is 4.79 Å². The van der Waals surface area contributed by atoms with E-state index in [2.05, 4.69) is 15.3 Å². The molecule has 2 aromatic heterocycles. The van der Waals surface area contributed by atoms with Gasteiger partial charge in [0.15, 0.2) is 0 Å². The fourth-order valence-electron chi connectivity index (χ4n) is 1.89. The minimum absolute atomic E-state index is 0.0664. The number of hydrogen-bond acceptors (Lipinski definition) is 4. The molecule has 1 fully saturated rings. The molecule has 1 aliphatic rings. The van der Waals surface area contributed by atoms with Crippen molar-refractivity contribution in [3.63, 3.8) is 0 Å². The number of carbonyl (C=O) groups excluding carboxylic acids is 1. The van der Waals surface area contributed by atoms with Gasteiger partial charge in [-0.25, -0.2) is 4.98 Å². The fraction of sp³-hybridized carbons (Fsp3) is 0.267. The molecule has 5 heteroatoms. The third-order valence-corrected chi connectivity index (χ3v) is 3.19. The van der Waals surface area contributed by atoms with Gasteiger partial charge >= 0.3 is 0 Å². The van der Waals surface area contributed by atoms with Crippen molar-refractivity contribution in [1.29, 1.82) is 0 Å². The molecule has 5 nitrogen and oxygen atoms in total. The van der Waals surface area contributed by atoms with Crippen molar-refractivity contribution < 1.29 is 9.53 Å². The maximum absolute atomic E-state index is 12.0. The molecule has 1 aliphatic carbocycles. The number of aromatic nitrogens is 2. The molecule has 0 radical (unpaired) electrons. The van der Waals surface area contributed by atoms with Crippen molar-refractivity contribution in [2.45, 2.75) is 18.9 Å². The van der Waals surface area contributed by atoms with Gasteiger partial charge in [0.25, 0.3) is 5.91 Å². The van der Waals surface area contributed by atoms with Gasteiger partial charge < -0.3 is 10.1 Å². The Morgan fingerprint density at radius 2 is 2.10 bits per heavy atom. The van der Waals surface area contributed by atoms with E-state index in [0.717, 1.165) is 24.0 Å². The van der Waals surface area contributed by atoms with Crippen molar-refractivity contribution in [1.82, 2.24) is 15.3 Å². The van der Waals surface area contributed by atoms with Crippen LogP contribution in [-0.2, 0) is 0 Å². The lowest BCUT2D eigenvalue weighted by atomic mass is 10.1. The van der Waals surface area contributed by atoms with Crippen LogP contribution in [0.4, 0.5) is 0 Å². The maximum atomic E-state index is 12.0. The van der Waals surface area contributed by atoms with Crippen molar-refractivity contribution in [3.05, 3.63) is 42.4 Å². The standard InChI is InChI=1S/C15H15N3O2/c1-20-14-5-2-10(9-17-14)11-6-12(8-16-7-11)15(19)18-13-3-4-13/h2,5-9,13H,3-4H2,1H3,(H,18,19). The first kappa shape index (κ1) is 12.6. The van der Waals surface area contributed by atoms with Gasteiger partial charge in [-0.3, -0.25) is 9.78 Å². The lowest BCUT2D eigenvalue weighted by Gasteiger charge is -2.06. The van der Waals surface area contributed by atoms with Crippen molar-refractivity contribution in [2.24, 2.45) is 0 Å². The molecule has 0 aliphatic heterocycles. The first-order valence-corrected chi connectivity index (χ1v) is 6.52. The van der Waals surface area contributed by atoms with Crippen LogP contribution in [0.25, 0.3) is 11.1 Å². The molecule has 1 amide bonds. The first-order chi connectivity index (χ1) is 9.76. The molecule has 0 saturated heterocycles. The minimum Gasteiger partial charge on any atom is -0.481 e. The Kier molecular flexibility index (Phi) is 3.33. The summed E-state index contributed by atoms with van der Waals surface area (Å²) in [7, 11) is 1.58. The third kappa shape index (κ3) is 2.77. The maximum Gasteiger partial charge on any atom is 0.253 e. The highest BCUT2D eigenvalue weighted by molar-refractivity contribution is 5.95. The van der Waals surface area contributed by atoms with E-state index >= 15 is 0 Å². The van der Waals surface area contributed by atoms with E-state index in [0.29, 0.717) is 17.5 Å². The van der Waals surface area contributed by atoms with E-state index in [-0.39, 0.29) is 5.91 Å². The molecule has 0 aromatic carbocycles. The number of nitrogens with one attached hydrogen (secondary N) is 1. The number of carbonyl (C=O) groups is 1. The normalized spacial score (nSPS) is 13.8. The number of ether oxygens (including phenoxy) is 1. The molecule has 102 valence electrons. The van der Waals surface area contributed by atoms with Crippen LogP contribution in [0.5, 0.6) is 5.88 Å². The van der Waals surface area contributed by atoms with Crippen LogP contribution in [0.1, 0.15) is 23.2 Å². The fourth-order valence-corrected chi connectivity index (χ4v) is 1.89. The van der Waals surface area contributed by atoms with Crippen LogP contribution < -0.4 is 10.1 Å². The summed E-state index contributed by atoms with van der Waals surface area (Å²) in [6, 6.07) is 5.85. The Hall–Kier alpha value is -2.43. The Morgan fingerprint density at radius 3 is 2.75 bits per heavy atom. The monoisotopic (exact) mass is 269 g/mol. The van der Waals surface area contributed by atoms with Gasteiger partial charge in [-0.2, -0.15) is 0 Å². The van der Waals surface area contributed by atoms with Crippen molar-refractivity contribution in [2.75, 3.05) is 7.11 Å². The highest BCUT2D eigenvalue weighted by Gasteiger charge is 2.23. The van der Waals surface area contributed by atoms with Crippen molar-refractivity contribution in [3.8, 4) is 17.0 Å². The molecule has 0 spiro atoms. The second kappa shape index (κ2) is 5.28. The van der Waals surface area contributed by atoms with E-state index in [1.165, 1.54) is 0 Å². The summed E-state index contributed by atoms with van der Waals surface area (Å²) in [5.41, 5.74) is 2.34. The molecule has 0 atom stereocenters. The van der Waals surface area contributed by atoms with E-state index < -0.39 is 0 Å². The van der Waals surface area contributed by atoms with Gasteiger partial charge in [-0.15, -0.1) is 0 Å². The van der Waals surface area contributed by atoms with Crippen LogP contribution in [0.2, 0.25) is 0 Å². The van der Waals surface area contributed by atoms with Gasteiger partial charge in [0.1, 0.15) is 0 Å². The second-order valence-corrected chi connectivity index (χ2v) is 4.80. The third-order valence-electron chi connectivity index (χ3n) is 3.19. The molecule has 3 rings (SSSR count). The summed E-state index contributed by atoms with van der Waals surface area (Å²) in [6.07, 6.45) is 7.15. The van der Waals surface area contributed by atoms with E-state index in [4.69, 9.17) is 4.74 Å². The lowest BCUT2D eigenvalue weighted by molar-refractivity contribution is 0.0950. The summed E-state index contributed by atoms with van der Waals surface area (Å²) in [5.74, 6) is 0.493. The Balaban J connectivity index is 1.83. The van der Waals surface area contributed by atoms with Gasteiger partial charge in [-0.1, -0.05) is 0 Å². The Morgan fingerprint density at radius 1 is 1.25 bits per heavy atom. The van der Waals surface area contributed by atoms with Gasteiger partial charge in [0.2, 0.25) is 5.88 Å². The number of hydrogen-bond donors (Lipinski definition) is 1. The average molecular weight is 269 g/mol. The van der Waals surface area contributed by atoms with Gasteiger partial charge in [0, 0.05) is 41.8 Å². The molecule has 2 aromatic rings. The zero-order valence-electron chi connectivity index (χ0n) is 11.2. The van der Waals surface area contributed by atoms with Crippen LogP contribution in [-0.4, -0.2) is 29.0 Å². The first-order valence-electron chi connectivity index (χ1n) is 6.52. The summed E-state index contributed by atoms with van der Waals surface area (Å²) < 4.78 is 5.03. The molecule has 0 bridgehead atoms. The summed E-state index contributed by atoms with van der Waals surface area (Å²) in [6.45, 7) is 0. The zero-order valence-corrected chi connectivity index (χ0v) is 11.2. The quantitative estimate of drug-likeness (QED) is 0.922. The number of pyridine rings is 2. The minimum atomic E-state index is -0.0664. The largest absolute Gasteiger partial charge is 0.481 e. The second-order valence-electron chi connectivity index (χ2n) is 4.80. The van der Waals surface area contributed by atoms with Crippen LogP contribution in [0.15, 0.2) is 36.8 Å². The highest BCUT2D eigenvalue weighted by atomic mass is 16.5. The molecular formula is C15H15N3O2. The zero-order chi connectivity index (χ0) is 13.9. The van der Waals surface area contributed by atoms with Crippen LogP contribution in [0, 0.1) is 0 Å². The number of methoxy groups -OCH3 is 1. The molecular weight excluding hydrogens is 254 g/mol. The van der Waals surface area contributed by atoms with Crippen molar-refractivity contribution >= 4 is 5.91 Å². The summed E-state index contributed by atoms with van der Waals surface area (Å²) in [5, 5.41) is 2.95. The lowest BCUT2D eigenvalue weighted by Crippen LogP contribution is -2.25. The SMILES string of the molecule is COc1ccc(-c2cncc(C(=O)NC3CC3)c2)cn1. The molecule has 2 heterocycles. The molecule has 1 N–H and O–H groups in total. The van der Waals surface area contributed by atoms with Gasteiger partial charge in [-0.05, 0) is 25.0 Å². The number of rotatable bonds is 4.